The maximum atomic E-state index is 12.5. The fraction of sp³-hybridized carbons (Fsp3) is 0.0714. The lowest BCUT2D eigenvalue weighted by atomic mass is 10.0. The molecule has 0 aromatic heterocycles. The van der Waals surface area contributed by atoms with Crippen molar-refractivity contribution >= 4 is 40.8 Å². The number of carbonyl (C=O) groups excluding carboxylic acids is 2. The first-order valence-corrected chi connectivity index (χ1v) is 11.6. The Balaban J connectivity index is 1.56. The number of amides is 3. The summed E-state index contributed by atoms with van der Waals surface area (Å²) < 4.78 is 6.27. The summed E-state index contributed by atoms with van der Waals surface area (Å²) in [6.07, 6.45) is 0. The van der Waals surface area contributed by atoms with Gasteiger partial charge in [-0.3, -0.25) is 10.1 Å². The Morgan fingerprint density at radius 2 is 1.49 bits per heavy atom. The van der Waals surface area contributed by atoms with Crippen molar-refractivity contribution in [2.75, 3.05) is 5.32 Å². The van der Waals surface area contributed by atoms with E-state index >= 15 is 0 Å². The van der Waals surface area contributed by atoms with E-state index in [4.69, 9.17) is 27.9 Å². The van der Waals surface area contributed by atoms with E-state index < -0.39 is 11.9 Å². The molecule has 4 aromatic rings. The molecule has 0 aliphatic heterocycles. The lowest BCUT2D eigenvalue weighted by molar-refractivity contribution is 0.0967. The van der Waals surface area contributed by atoms with Gasteiger partial charge in [-0.05, 0) is 54.8 Å². The van der Waals surface area contributed by atoms with Crippen molar-refractivity contribution in [3.05, 3.63) is 112 Å². The van der Waals surface area contributed by atoms with Crippen molar-refractivity contribution in [1.29, 1.82) is 0 Å². The normalized spacial score (nSPS) is 10.5. The largest absolute Gasteiger partial charge is 0.455 e. The molecule has 5 nitrogen and oxygen atoms in total. The molecule has 7 heteroatoms. The van der Waals surface area contributed by atoms with E-state index in [0.29, 0.717) is 27.8 Å². The van der Waals surface area contributed by atoms with Crippen molar-refractivity contribution in [1.82, 2.24) is 5.32 Å². The van der Waals surface area contributed by atoms with Crippen molar-refractivity contribution < 1.29 is 14.3 Å². The maximum Gasteiger partial charge on any atom is 0.326 e. The van der Waals surface area contributed by atoms with E-state index in [1.807, 2.05) is 61.5 Å². The van der Waals surface area contributed by atoms with Crippen LogP contribution >= 0.6 is 23.2 Å². The van der Waals surface area contributed by atoms with Gasteiger partial charge in [0.1, 0.15) is 11.5 Å². The van der Waals surface area contributed by atoms with E-state index in [-0.39, 0.29) is 10.6 Å². The van der Waals surface area contributed by atoms with E-state index in [1.165, 1.54) is 6.07 Å². The number of aryl methyl sites for hydroxylation is 1. The Labute approximate surface area is 213 Å². The first-order chi connectivity index (χ1) is 16.8. The molecule has 176 valence electrons. The molecule has 0 unspecified atom stereocenters. The maximum absolute atomic E-state index is 12.5. The smallest absolute Gasteiger partial charge is 0.326 e. The molecule has 0 spiro atoms. The van der Waals surface area contributed by atoms with Crippen molar-refractivity contribution in [2.45, 2.75) is 13.8 Å². The number of imide groups is 1. The zero-order chi connectivity index (χ0) is 24.9. The van der Waals surface area contributed by atoms with Gasteiger partial charge in [-0.2, -0.15) is 0 Å². The molecule has 0 radical (unpaired) electrons. The number of halogens is 2. The zero-order valence-electron chi connectivity index (χ0n) is 19.1. The number of para-hydroxylation sites is 1. The SMILES string of the molecule is Cc1cc(NC(=O)NC(=O)c2ccccc2Cl)c(C)c(Cl)c1Oc1ccccc1-c1ccccc1. The van der Waals surface area contributed by atoms with Crippen LogP contribution in [0.2, 0.25) is 10.0 Å². The average molecular weight is 505 g/mol. The van der Waals surface area contributed by atoms with E-state index in [9.17, 15) is 9.59 Å². The van der Waals surface area contributed by atoms with E-state index in [0.717, 1.165) is 16.7 Å². The molecule has 0 aliphatic rings. The Morgan fingerprint density at radius 3 is 2.23 bits per heavy atom. The van der Waals surface area contributed by atoms with Gasteiger partial charge in [0.25, 0.3) is 5.91 Å². The van der Waals surface area contributed by atoms with Gasteiger partial charge in [-0.15, -0.1) is 0 Å². The average Bonchev–Trinajstić information content (AvgIpc) is 2.86. The first-order valence-electron chi connectivity index (χ1n) is 10.8. The number of hydrogen-bond donors (Lipinski definition) is 2. The molecule has 0 aliphatic carbocycles. The summed E-state index contributed by atoms with van der Waals surface area (Å²) in [4.78, 5) is 24.9. The molecule has 4 aromatic carbocycles. The molecule has 35 heavy (non-hydrogen) atoms. The number of carbonyl (C=O) groups is 2. The molecule has 0 bridgehead atoms. The number of urea groups is 1. The predicted molar refractivity (Wildman–Crippen MR) is 141 cm³/mol. The van der Waals surface area contributed by atoms with Crippen LogP contribution in [0.15, 0.2) is 84.9 Å². The van der Waals surface area contributed by atoms with Crippen LogP contribution in [0.3, 0.4) is 0 Å². The van der Waals surface area contributed by atoms with Crippen molar-refractivity contribution in [3.8, 4) is 22.6 Å². The van der Waals surface area contributed by atoms with E-state index in [2.05, 4.69) is 10.6 Å². The molecular weight excluding hydrogens is 483 g/mol. The Hall–Kier alpha value is -3.80. The topological polar surface area (TPSA) is 67.4 Å². The third-order valence-electron chi connectivity index (χ3n) is 5.43. The highest BCUT2D eigenvalue weighted by molar-refractivity contribution is 6.34. The van der Waals surface area contributed by atoms with E-state index in [1.54, 1.807) is 31.2 Å². The van der Waals surface area contributed by atoms with Crippen LogP contribution in [-0.2, 0) is 0 Å². The number of hydrogen-bond acceptors (Lipinski definition) is 3. The summed E-state index contributed by atoms with van der Waals surface area (Å²) in [5, 5.41) is 5.59. The standard InChI is InChI=1S/C28H22Cl2N2O3/c1-17-16-23(31-28(34)32-27(33)21-13-6-8-14-22(21)29)18(2)25(30)26(17)35-24-15-9-7-12-20(24)19-10-4-3-5-11-19/h3-16H,1-2H3,(H2,31,32,33,34). The minimum absolute atomic E-state index is 0.205. The minimum Gasteiger partial charge on any atom is -0.455 e. The van der Waals surface area contributed by atoms with Crippen LogP contribution in [-0.4, -0.2) is 11.9 Å². The van der Waals surface area contributed by atoms with Crippen LogP contribution in [0, 0.1) is 13.8 Å². The number of rotatable bonds is 5. The Bertz CT molecular complexity index is 1400. The van der Waals surface area contributed by atoms with Gasteiger partial charge < -0.3 is 10.1 Å². The summed E-state index contributed by atoms with van der Waals surface area (Å²) in [6.45, 7) is 3.60. The first kappa shape index (κ1) is 24.3. The molecule has 0 atom stereocenters. The summed E-state index contributed by atoms with van der Waals surface area (Å²) in [5.41, 5.74) is 3.94. The van der Waals surface area contributed by atoms with Gasteiger partial charge in [0.15, 0.2) is 0 Å². The fourth-order valence-corrected chi connectivity index (χ4v) is 4.11. The molecular formula is C28H22Cl2N2O3. The number of ether oxygens (including phenoxy) is 1. The fourth-order valence-electron chi connectivity index (χ4n) is 3.60. The lowest BCUT2D eigenvalue weighted by Crippen LogP contribution is -2.34. The van der Waals surface area contributed by atoms with Gasteiger partial charge in [-0.1, -0.05) is 83.9 Å². The summed E-state index contributed by atoms with van der Waals surface area (Å²) >= 11 is 12.7. The van der Waals surface area contributed by atoms with Crippen LogP contribution < -0.4 is 15.4 Å². The van der Waals surface area contributed by atoms with Crippen molar-refractivity contribution in [3.63, 3.8) is 0 Å². The molecule has 0 saturated carbocycles. The molecule has 0 saturated heterocycles. The summed E-state index contributed by atoms with van der Waals surface area (Å²) in [6, 6.07) is 25.2. The summed E-state index contributed by atoms with van der Waals surface area (Å²) in [7, 11) is 0. The highest BCUT2D eigenvalue weighted by Gasteiger charge is 2.19. The third-order valence-corrected chi connectivity index (χ3v) is 6.21. The van der Waals surface area contributed by atoms with Crippen LogP contribution in [0.1, 0.15) is 21.5 Å². The third kappa shape index (κ3) is 5.48. The zero-order valence-corrected chi connectivity index (χ0v) is 20.6. The van der Waals surface area contributed by atoms with Crippen LogP contribution in [0.25, 0.3) is 11.1 Å². The molecule has 0 heterocycles. The van der Waals surface area contributed by atoms with Gasteiger partial charge in [0.2, 0.25) is 0 Å². The van der Waals surface area contributed by atoms with Crippen LogP contribution in [0.5, 0.6) is 11.5 Å². The van der Waals surface area contributed by atoms with Crippen LogP contribution in [0.4, 0.5) is 10.5 Å². The molecule has 0 fully saturated rings. The molecule has 2 N–H and O–H groups in total. The Morgan fingerprint density at radius 1 is 0.829 bits per heavy atom. The van der Waals surface area contributed by atoms with Gasteiger partial charge >= 0.3 is 6.03 Å². The second kappa shape index (κ2) is 10.6. The van der Waals surface area contributed by atoms with Gasteiger partial charge in [0.05, 0.1) is 15.6 Å². The lowest BCUT2D eigenvalue weighted by Gasteiger charge is -2.18. The van der Waals surface area contributed by atoms with Crippen molar-refractivity contribution in [2.24, 2.45) is 0 Å². The summed E-state index contributed by atoms with van der Waals surface area (Å²) in [5.74, 6) is 0.545. The van der Waals surface area contributed by atoms with Gasteiger partial charge in [0, 0.05) is 11.3 Å². The highest BCUT2D eigenvalue weighted by atomic mass is 35.5. The molecule has 4 rings (SSSR count). The number of nitrogens with one attached hydrogen (secondary N) is 2. The Kier molecular flexibility index (Phi) is 7.39. The molecule has 3 amide bonds. The second-order valence-corrected chi connectivity index (χ2v) is 8.65. The quantitative estimate of drug-likeness (QED) is 0.289. The predicted octanol–water partition coefficient (Wildman–Crippen LogP) is 8.03. The van der Waals surface area contributed by atoms with Gasteiger partial charge in [-0.25, -0.2) is 4.79 Å². The monoisotopic (exact) mass is 504 g/mol. The second-order valence-electron chi connectivity index (χ2n) is 7.86. The highest BCUT2D eigenvalue weighted by Crippen LogP contribution is 2.41. The number of anilines is 1. The number of benzene rings is 4. The minimum atomic E-state index is -0.698.